The molecule has 0 aliphatic carbocycles. The minimum Gasteiger partial charge on any atom is -0.463 e. The van der Waals surface area contributed by atoms with E-state index in [1.165, 1.54) is 4.57 Å². The fourth-order valence-corrected chi connectivity index (χ4v) is 3.09. The maximum absolute atomic E-state index is 12.7. The summed E-state index contributed by atoms with van der Waals surface area (Å²) in [5.74, 6) is -0.0247. The Morgan fingerprint density at radius 1 is 1.40 bits per heavy atom. The van der Waals surface area contributed by atoms with Crippen LogP contribution >= 0.6 is 15.9 Å². The first-order valence-corrected chi connectivity index (χ1v) is 8.89. The lowest BCUT2D eigenvalue weighted by atomic mass is 9.98. The van der Waals surface area contributed by atoms with Crippen LogP contribution in [0, 0.1) is 5.92 Å². The number of hydrogen-bond acceptors (Lipinski definition) is 5. The second kappa shape index (κ2) is 7.77. The predicted molar refractivity (Wildman–Crippen MR) is 95.5 cm³/mol. The van der Waals surface area contributed by atoms with Crippen LogP contribution in [0.4, 0.5) is 0 Å². The molecule has 0 bridgehead atoms. The Morgan fingerprint density at radius 2 is 2.16 bits per heavy atom. The zero-order valence-corrected chi connectivity index (χ0v) is 15.5. The Kier molecular flexibility index (Phi) is 5.47. The van der Waals surface area contributed by atoms with Gasteiger partial charge in [-0.3, -0.25) is 9.59 Å². The summed E-state index contributed by atoms with van der Waals surface area (Å²) < 4.78 is 7.84. The van der Waals surface area contributed by atoms with E-state index in [0.29, 0.717) is 25.7 Å². The van der Waals surface area contributed by atoms with Crippen LogP contribution in [-0.4, -0.2) is 45.0 Å². The van der Waals surface area contributed by atoms with Gasteiger partial charge < -0.3 is 14.2 Å². The van der Waals surface area contributed by atoms with Crippen LogP contribution in [0.2, 0.25) is 0 Å². The van der Waals surface area contributed by atoms with Crippen molar-refractivity contribution in [3.63, 3.8) is 0 Å². The number of amides is 1. The molecule has 1 aliphatic heterocycles. The molecule has 0 aromatic carbocycles. The number of likely N-dealkylation sites (tertiary alicyclic amines) is 1. The van der Waals surface area contributed by atoms with Crippen molar-refractivity contribution in [2.45, 2.75) is 12.8 Å². The normalized spacial score (nSPS) is 17.4. The molecule has 1 fully saturated rings. The predicted octanol–water partition coefficient (Wildman–Crippen LogP) is 1.87. The van der Waals surface area contributed by atoms with Crippen LogP contribution in [0.15, 0.2) is 40.0 Å². The Morgan fingerprint density at radius 3 is 2.92 bits per heavy atom. The molecule has 132 valence electrons. The fourth-order valence-electron chi connectivity index (χ4n) is 2.88. The molecule has 0 radical (unpaired) electrons. The molecule has 3 heterocycles. The average molecular weight is 407 g/mol. The summed E-state index contributed by atoms with van der Waals surface area (Å²) in [5.41, 5.74) is -0.0584. The molecule has 0 spiro atoms. The molecule has 1 aliphatic rings. The summed E-state index contributed by atoms with van der Waals surface area (Å²) in [6, 6.07) is 3.62. The van der Waals surface area contributed by atoms with Crippen molar-refractivity contribution in [1.82, 2.24) is 19.4 Å². The lowest BCUT2D eigenvalue weighted by Gasteiger charge is -2.32. The summed E-state index contributed by atoms with van der Waals surface area (Å²) in [6.07, 6.45) is 6.75. The van der Waals surface area contributed by atoms with Gasteiger partial charge in [0.15, 0.2) is 0 Å². The minimum atomic E-state index is -0.269. The summed E-state index contributed by atoms with van der Waals surface area (Å²) in [4.78, 5) is 34.7. The molecule has 0 N–H and O–H groups in total. The molecule has 3 rings (SSSR count). The van der Waals surface area contributed by atoms with Crippen LogP contribution in [0.3, 0.4) is 0 Å². The van der Waals surface area contributed by atoms with Gasteiger partial charge in [0.05, 0.1) is 11.1 Å². The molecule has 2 aromatic rings. The average Bonchev–Trinajstić information content (AvgIpc) is 2.63. The summed E-state index contributed by atoms with van der Waals surface area (Å²) >= 11 is 3.28. The van der Waals surface area contributed by atoms with Crippen LogP contribution in [0.25, 0.3) is 0 Å². The summed E-state index contributed by atoms with van der Waals surface area (Å²) in [5, 5.41) is 0. The highest BCUT2D eigenvalue weighted by Gasteiger charge is 2.26. The third-order valence-electron chi connectivity index (χ3n) is 4.20. The van der Waals surface area contributed by atoms with Crippen molar-refractivity contribution in [1.29, 1.82) is 0 Å². The number of aromatic nitrogens is 3. The zero-order valence-electron chi connectivity index (χ0n) is 13.9. The van der Waals surface area contributed by atoms with E-state index in [-0.39, 0.29) is 22.9 Å². The molecule has 0 saturated carbocycles. The number of ether oxygens (including phenoxy) is 1. The van der Waals surface area contributed by atoms with Gasteiger partial charge in [0.1, 0.15) is 5.56 Å². The van der Waals surface area contributed by atoms with Crippen LogP contribution in [-0.2, 0) is 7.05 Å². The van der Waals surface area contributed by atoms with E-state index in [9.17, 15) is 9.59 Å². The van der Waals surface area contributed by atoms with Gasteiger partial charge in [-0.15, -0.1) is 0 Å². The zero-order chi connectivity index (χ0) is 17.8. The van der Waals surface area contributed by atoms with Gasteiger partial charge in [-0.1, -0.05) is 0 Å². The smallest absolute Gasteiger partial charge is 0.316 e. The van der Waals surface area contributed by atoms with Gasteiger partial charge in [-0.2, -0.15) is 0 Å². The monoisotopic (exact) mass is 406 g/mol. The number of pyridine rings is 1. The van der Waals surface area contributed by atoms with Crippen molar-refractivity contribution >= 4 is 21.8 Å². The number of aryl methyl sites for hydroxylation is 1. The Bertz CT molecular complexity index is 806. The van der Waals surface area contributed by atoms with Crippen LogP contribution < -0.4 is 10.3 Å². The second-order valence-corrected chi connectivity index (χ2v) is 7.01. The number of piperidine rings is 1. The third-order valence-corrected chi connectivity index (χ3v) is 4.61. The number of rotatable bonds is 4. The third kappa shape index (κ3) is 4.25. The lowest BCUT2D eigenvalue weighted by Crippen LogP contribution is -2.43. The maximum atomic E-state index is 12.7. The van der Waals surface area contributed by atoms with Crippen molar-refractivity contribution in [2.75, 3.05) is 19.7 Å². The van der Waals surface area contributed by atoms with E-state index in [2.05, 4.69) is 25.9 Å². The molecule has 1 amide bonds. The molecule has 8 heteroatoms. The largest absolute Gasteiger partial charge is 0.463 e. The van der Waals surface area contributed by atoms with Crippen molar-refractivity contribution in [3.05, 3.63) is 51.1 Å². The van der Waals surface area contributed by atoms with Gasteiger partial charge in [-0.25, -0.2) is 9.97 Å². The Balaban J connectivity index is 1.62. The number of carbonyl (C=O) groups excluding carboxylic acids is 1. The van der Waals surface area contributed by atoms with Crippen molar-refractivity contribution in [2.24, 2.45) is 13.0 Å². The van der Waals surface area contributed by atoms with Gasteiger partial charge in [0.2, 0.25) is 0 Å². The van der Waals surface area contributed by atoms with E-state index >= 15 is 0 Å². The highest BCUT2D eigenvalue weighted by atomic mass is 79.9. The van der Waals surface area contributed by atoms with Gasteiger partial charge >= 0.3 is 6.01 Å². The molecule has 7 nitrogen and oxygen atoms in total. The maximum Gasteiger partial charge on any atom is 0.316 e. The Labute approximate surface area is 153 Å². The minimum absolute atomic E-state index is 0.192. The van der Waals surface area contributed by atoms with E-state index in [1.54, 1.807) is 42.7 Å². The molecule has 1 saturated heterocycles. The molecule has 1 atom stereocenters. The van der Waals surface area contributed by atoms with E-state index < -0.39 is 0 Å². The highest BCUT2D eigenvalue weighted by Crippen LogP contribution is 2.19. The van der Waals surface area contributed by atoms with Crippen molar-refractivity contribution < 1.29 is 9.53 Å². The fraction of sp³-hybridized carbons (Fsp3) is 0.412. The van der Waals surface area contributed by atoms with Crippen LogP contribution in [0.5, 0.6) is 6.01 Å². The summed E-state index contributed by atoms with van der Waals surface area (Å²) in [6.45, 7) is 1.66. The molecule has 25 heavy (non-hydrogen) atoms. The second-order valence-electron chi connectivity index (χ2n) is 6.09. The van der Waals surface area contributed by atoms with Gasteiger partial charge in [0, 0.05) is 44.6 Å². The van der Waals surface area contributed by atoms with E-state index in [0.717, 1.165) is 17.3 Å². The first kappa shape index (κ1) is 17.6. The molecular formula is C17H19BrN4O3. The number of halogens is 1. The van der Waals surface area contributed by atoms with Gasteiger partial charge in [0.25, 0.3) is 11.5 Å². The van der Waals surface area contributed by atoms with Crippen molar-refractivity contribution in [3.8, 4) is 6.01 Å². The standard InChI is InChI=1S/C17H19BrN4O3/c1-21-6-3-5-14(15(21)23)16(24)22-7-2-4-12(10-22)11-25-17-19-8-13(18)9-20-17/h3,5-6,8-9,12H,2,4,7,10-11H2,1H3. The number of nitrogens with zero attached hydrogens (tertiary/aromatic N) is 4. The first-order chi connectivity index (χ1) is 12.0. The molecule has 2 aromatic heterocycles. The molecule has 1 unspecified atom stereocenters. The van der Waals surface area contributed by atoms with Gasteiger partial charge in [-0.05, 0) is 40.9 Å². The topological polar surface area (TPSA) is 77.3 Å². The molecular weight excluding hydrogens is 388 g/mol. The highest BCUT2D eigenvalue weighted by molar-refractivity contribution is 9.10. The Hall–Kier alpha value is -2.22. The first-order valence-electron chi connectivity index (χ1n) is 8.10. The number of hydrogen-bond donors (Lipinski definition) is 0. The summed E-state index contributed by atoms with van der Waals surface area (Å²) in [7, 11) is 1.64. The van der Waals surface area contributed by atoms with E-state index in [1.807, 2.05) is 0 Å². The number of carbonyl (C=O) groups is 1. The lowest BCUT2D eigenvalue weighted by molar-refractivity contribution is 0.0626. The SMILES string of the molecule is Cn1cccc(C(=O)N2CCCC(COc3ncc(Br)cn3)C2)c1=O. The van der Waals surface area contributed by atoms with Crippen LogP contribution in [0.1, 0.15) is 23.2 Å². The quantitative estimate of drug-likeness (QED) is 0.774. The van der Waals surface area contributed by atoms with E-state index in [4.69, 9.17) is 4.74 Å².